The van der Waals surface area contributed by atoms with E-state index in [2.05, 4.69) is 36.2 Å². The number of rotatable bonds is 5. The third kappa shape index (κ3) is 3.19. The summed E-state index contributed by atoms with van der Waals surface area (Å²) >= 11 is 6.27. The number of aryl methyl sites for hydroxylation is 1. The molecule has 1 atom stereocenters. The van der Waals surface area contributed by atoms with Crippen molar-refractivity contribution in [3.05, 3.63) is 42.2 Å². The molecule has 1 aromatic heterocycles. The van der Waals surface area contributed by atoms with Gasteiger partial charge in [0, 0.05) is 23.2 Å². The second kappa shape index (κ2) is 6.02. The van der Waals surface area contributed by atoms with Gasteiger partial charge in [-0.15, -0.1) is 11.6 Å². The molecule has 0 N–H and O–H groups in total. The lowest BCUT2D eigenvalue weighted by Crippen LogP contribution is -2.00. The van der Waals surface area contributed by atoms with Gasteiger partial charge in [-0.1, -0.05) is 31.5 Å². The van der Waals surface area contributed by atoms with Gasteiger partial charge in [0.2, 0.25) is 0 Å². The van der Waals surface area contributed by atoms with Crippen molar-refractivity contribution < 1.29 is 0 Å². The van der Waals surface area contributed by atoms with Gasteiger partial charge >= 0.3 is 0 Å². The van der Waals surface area contributed by atoms with E-state index in [1.165, 1.54) is 16.3 Å². The smallest absolute Gasteiger partial charge is 0.0346 e. The van der Waals surface area contributed by atoms with Crippen molar-refractivity contribution >= 4 is 22.4 Å². The van der Waals surface area contributed by atoms with Crippen LogP contribution in [0.4, 0.5) is 0 Å². The van der Waals surface area contributed by atoms with Crippen LogP contribution in [-0.4, -0.2) is 10.4 Å². The minimum absolute atomic E-state index is 0.303. The van der Waals surface area contributed by atoms with Gasteiger partial charge in [0.25, 0.3) is 0 Å². The Morgan fingerprint density at radius 3 is 2.94 bits per heavy atom. The summed E-state index contributed by atoms with van der Waals surface area (Å²) in [5.74, 6) is 0. The van der Waals surface area contributed by atoms with E-state index in [9.17, 15) is 0 Å². The maximum absolute atomic E-state index is 6.27. The summed E-state index contributed by atoms with van der Waals surface area (Å²) in [6.45, 7) is 2.18. The third-order valence-electron chi connectivity index (χ3n) is 3.10. The molecule has 2 heteroatoms. The van der Waals surface area contributed by atoms with Crippen molar-refractivity contribution in [2.75, 3.05) is 0 Å². The normalized spacial score (nSPS) is 12.8. The molecule has 0 fully saturated rings. The lowest BCUT2D eigenvalue weighted by Gasteiger charge is -2.09. The molecule has 0 saturated heterocycles. The van der Waals surface area contributed by atoms with E-state index in [1.807, 2.05) is 12.4 Å². The van der Waals surface area contributed by atoms with Crippen molar-refractivity contribution in [3.8, 4) is 0 Å². The van der Waals surface area contributed by atoms with Crippen molar-refractivity contribution in [3.63, 3.8) is 0 Å². The summed E-state index contributed by atoms with van der Waals surface area (Å²) in [7, 11) is 0. The van der Waals surface area contributed by atoms with Crippen LogP contribution in [0, 0.1) is 0 Å². The van der Waals surface area contributed by atoms with Crippen LogP contribution in [0.2, 0.25) is 0 Å². The number of halogens is 1. The fourth-order valence-electron chi connectivity index (χ4n) is 2.18. The second-order valence-corrected chi connectivity index (χ2v) is 5.06. The Morgan fingerprint density at radius 1 is 1.24 bits per heavy atom. The van der Waals surface area contributed by atoms with E-state index in [1.54, 1.807) is 0 Å². The number of fused-ring (bicyclic) bond motifs is 1. The lowest BCUT2D eigenvalue weighted by molar-refractivity contribution is 0.677. The third-order valence-corrected chi connectivity index (χ3v) is 3.54. The molecule has 2 aromatic rings. The maximum atomic E-state index is 6.27. The standard InChI is InChI=1S/C15H18ClN/c1-2-4-14(16)8-7-12-5-3-6-13-11-17-10-9-15(12)13/h3,5-6,9-11,14H,2,4,7-8H2,1H3. The highest BCUT2D eigenvalue weighted by atomic mass is 35.5. The van der Waals surface area contributed by atoms with Crippen LogP contribution in [0.25, 0.3) is 10.8 Å². The van der Waals surface area contributed by atoms with Gasteiger partial charge in [-0.25, -0.2) is 0 Å². The molecule has 90 valence electrons. The van der Waals surface area contributed by atoms with Gasteiger partial charge in [0.05, 0.1) is 0 Å². The zero-order valence-electron chi connectivity index (χ0n) is 10.2. The predicted octanol–water partition coefficient (Wildman–Crippen LogP) is 4.57. The Hall–Kier alpha value is -1.08. The molecule has 17 heavy (non-hydrogen) atoms. The van der Waals surface area contributed by atoms with Crippen LogP contribution >= 0.6 is 11.6 Å². The summed E-state index contributed by atoms with van der Waals surface area (Å²) in [6.07, 6.45) is 8.15. The highest BCUT2D eigenvalue weighted by Gasteiger charge is 2.05. The molecule has 0 aliphatic heterocycles. The number of hydrogen-bond donors (Lipinski definition) is 0. The van der Waals surface area contributed by atoms with Crippen LogP contribution < -0.4 is 0 Å². The Balaban J connectivity index is 2.13. The average molecular weight is 248 g/mol. The van der Waals surface area contributed by atoms with E-state index < -0.39 is 0 Å². The first-order chi connectivity index (χ1) is 8.31. The van der Waals surface area contributed by atoms with Crippen LogP contribution in [0.15, 0.2) is 36.7 Å². The molecule has 1 heterocycles. The molecule has 0 spiro atoms. The quantitative estimate of drug-likeness (QED) is 0.705. The molecular formula is C15H18ClN. The Morgan fingerprint density at radius 2 is 2.12 bits per heavy atom. The molecule has 0 amide bonds. The highest BCUT2D eigenvalue weighted by molar-refractivity contribution is 6.20. The first-order valence-electron chi connectivity index (χ1n) is 6.27. The Bertz CT molecular complexity index is 476. The zero-order chi connectivity index (χ0) is 12.1. The lowest BCUT2D eigenvalue weighted by atomic mass is 10.0. The molecule has 0 saturated carbocycles. The summed E-state index contributed by atoms with van der Waals surface area (Å²) in [6, 6.07) is 8.49. The van der Waals surface area contributed by atoms with E-state index in [-0.39, 0.29) is 0 Å². The van der Waals surface area contributed by atoms with Gasteiger partial charge in [-0.05, 0) is 36.3 Å². The molecule has 0 radical (unpaired) electrons. The molecule has 0 aliphatic carbocycles. The fourth-order valence-corrected chi connectivity index (χ4v) is 2.50. The van der Waals surface area contributed by atoms with Crippen molar-refractivity contribution in [2.45, 2.75) is 38.0 Å². The van der Waals surface area contributed by atoms with E-state index in [0.717, 1.165) is 25.7 Å². The molecular weight excluding hydrogens is 230 g/mol. The van der Waals surface area contributed by atoms with Gasteiger partial charge in [0.1, 0.15) is 0 Å². The largest absolute Gasteiger partial charge is 0.264 e. The number of alkyl halides is 1. The summed E-state index contributed by atoms with van der Waals surface area (Å²) in [5, 5.41) is 2.83. The van der Waals surface area contributed by atoms with Crippen molar-refractivity contribution in [1.29, 1.82) is 0 Å². The molecule has 0 bridgehead atoms. The van der Waals surface area contributed by atoms with E-state index in [4.69, 9.17) is 11.6 Å². The monoisotopic (exact) mass is 247 g/mol. The highest BCUT2D eigenvalue weighted by Crippen LogP contribution is 2.21. The predicted molar refractivity (Wildman–Crippen MR) is 74.6 cm³/mol. The van der Waals surface area contributed by atoms with Crippen LogP contribution in [-0.2, 0) is 6.42 Å². The van der Waals surface area contributed by atoms with Crippen molar-refractivity contribution in [1.82, 2.24) is 4.98 Å². The topological polar surface area (TPSA) is 12.9 Å². The summed E-state index contributed by atoms with van der Waals surface area (Å²) < 4.78 is 0. The Labute approximate surface area is 108 Å². The second-order valence-electron chi connectivity index (χ2n) is 4.44. The molecule has 1 nitrogen and oxygen atoms in total. The zero-order valence-corrected chi connectivity index (χ0v) is 11.0. The van der Waals surface area contributed by atoms with Gasteiger partial charge in [-0.2, -0.15) is 0 Å². The van der Waals surface area contributed by atoms with Gasteiger partial charge in [-0.3, -0.25) is 4.98 Å². The average Bonchev–Trinajstić information content (AvgIpc) is 2.36. The van der Waals surface area contributed by atoms with Gasteiger partial charge < -0.3 is 0 Å². The Kier molecular flexibility index (Phi) is 4.38. The SMILES string of the molecule is CCCC(Cl)CCc1cccc2cnccc12. The van der Waals surface area contributed by atoms with Crippen molar-refractivity contribution in [2.24, 2.45) is 0 Å². The fraction of sp³-hybridized carbons (Fsp3) is 0.400. The maximum Gasteiger partial charge on any atom is 0.0346 e. The molecule has 0 aliphatic rings. The van der Waals surface area contributed by atoms with Crippen LogP contribution in [0.3, 0.4) is 0 Å². The molecule has 2 rings (SSSR count). The van der Waals surface area contributed by atoms with Crippen LogP contribution in [0.1, 0.15) is 31.7 Å². The number of aromatic nitrogens is 1. The summed E-state index contributed by atoms with van der Waals surface area (Å²) in [5.41, 5.74) is 1.38. The molecule has 1 unspecified atom stereocenters. The first-order valence-corrected chi connectivity index (χ1v) is 6.70. The van der Waals surface area contributed by atoms with E-state index >= 15 is 0 Å². The number of hydrogen-bond acceptors (Lipinski definition) is 1. The minimum Gasteiger partial charge on any atom is -0.264 e. The van der Waals surface area contributed by atoms with Crippen LogP contribution in [0.5, 0.6) is 0 Å². The first kappa shape index (κ1) is 12.4. The molecule has 1 aromatic carbocycles. The summed E-state index contributed by atoms with van der Waals surface area (Å²) in [4.78, 5) is 4.15. The van der Waals surface area contributed by atoms with E-state index in [0.29, 0.717) is 5.38 Å². The minimum atomic E-state index is 0.303. The van der Waals surface area contributed by atoms with Gasteiger partial charge in [0.15, 0.2) is 0 Å². The number of benzene rings is 1. The number of pyridine rings is 1. The number of nitrogens with zero attached hydrogens (tertiary/aromatic N) is 1.